The number of aromatic nitrogens is 2. The number of rotatable bonds is 6. The van der Waals surface area contributed by atoms with Gasteiger partial charge in [0.05, 0.1) is 12.2 Å². The van der Waals surface area contributed by atoms with Crippen LogP contribution in [0.4, 0.5) is 0 Å². The molecule has 4 rings (SSSR count). The molecule has 0 fully saturated rings. The average molecular weight is 418 g/mol. The molecule has 2 heterocycles. The number of nitrogens with zero attached hydrogens (tertiary/aromatic N) is 2. The number of benzene rings is 2. The lowest BCUT2D eigenvalue weighted by atomic mass is 9.95. The number of carbonyl (C=O) groups excluding carboxylic acids is 2. The number of ketones is 1. The number of nitrogens with one attached hydrogen (secondary N) is 1. The molecule has 1 aliphatic rings. The fourth-order valence-electron chi connectivity index (χ4n) is 4.16. The Hall–Kier alpha value is -3.41. The van der Waals surface area contributed by atoms with Crippen molar-refractivity contribution in [1.29, 1.82) is 0 Å². The van der Waals surface area contributed by atoms with E-state index in [1.54, 1.807) is 11.6 Å². The molecule has 0 unspecified atom stereocenters. The number of hydrogen-bond acceptors (Lipinski definition) is 4. The molecule has 6 nitrogen and oxygen atoms in total. The largest absolute Gasteiger partial charge is 0.488 e. The highest BCUT2D eigenvalue weighted by Gasteiger charge is 2.25. The normalized spacial score (nSPS) is 15.8. The third kappa shape index (κ3) is 4.24. The van der Waals surface area contributed by atoms with Crippen molar-refractivity contribution in [2.75, 3.05) is 6.54 Å². The Morgan fingerprint density at radius 2 is 1.97 bits per heavy atom. The Balaban J connectivity index is 1.42. The molecule has 31 heavy (non-hydrogen) atoms. The molecule has 0 spiro atoms. The van der Waals surface area contributed by atoms with Crippen LogP contribution in [0.2, 0.25) is 0 Å². The lowest BCUT2D eigenvalue weighted by Crippen LogP contribution is -2.38. The van der Waals surface area contributed by atoms with Crippen LogP contribution in [0.25, 0.3) is 11.1 Å². The maximum atomic E-state index is 12.6. The van der Waals surface area contributed by atoms with Gasteiger partial charge in [0, 0.05) is 17.7 Å². The zero-order valence-corrected chi connectivity index (χ0v) is 18.3. The molecule has 6 heteroatoms. The zero-order valence-electron chi connectivity index (χ0n) is 18.3. The van der Waals surface area contributed by atoms with Crippen LogP contribution < -0.4 is 10.1 Å². The number of amides is 1. The van der Waals surface area contributed by atoms with Crippen molar-refractivity contribution in [3.63, 3.8) is 0 Å². The van der Waals surface area contributed by atoms with Gasteiger partial charge in [-0.05, 0) is 62.6 Å². The summed E-state index contributed by atoms with van der Waals surface area (Å²) >= 11 is 0. The van der Waals surface area contributed by atoms with Crippen LogP contribution in [0.5, 0.6) is 5.75 Å². The zero-order chi connectivity index (χ0) is 22.1. The van der Waals surface area contributed by atoms with Gasteiger partial charge in [-0.3, -0.25) is 14.3 Å². The molecule has 1 N–H and O–H groups in total. The van der Waals surface area contributed by atoms with Crippen molar-refractivity contribution in [2.45, 2.75) is 46.3 Å². The molecule has 160 valence electrons. The summed E-state index contributed by atoms with van der Waals surface area (Å²) < 4.78 is 7.78. The van der Waals surface area contributed by atoms with Crippen LogP contribution in [-0.4, -0.2) is 34.1 Å². The van der Waals surface area contributed by atoms with Crippen LogP contribution in [0, 0.1) is 13.8 Å². The minimum atomic E-state index is -0.382. The van der Waals surface area contributed by atoms with Crippen LogP contribution >= 0.6 is 0 Å². The van der Waals surface area contributed by atoms with Gasteiger partial charge in [-0.1, -0.05) is 30.3 Å². The third-order valence-corrected chi connectivity index (χ3v) is 5.71. The van der Waals surface area contributed by atoms with E-state index in [0.29, 0.717) is 18.5 Å². The maximum Gasteiger partial charge on any atom is 0.244 e. The van der Waals surface area contributed by atoms with Crippen LogP contribution in [0.15, 0.2) is 48.5 Å². The van der Waals surface area contributed by atoms with Gasteiger partial charge in [0.25, 0.3) is 0 Å². The third-order valence-electron chi connectivity index (χ3n) is 5.71. The van der Waals surface area contributed by atoms with Crippen LogP contribution in [0.1, 0.15) is 47.2 Å². The molecule has 0 aliphatic carbocycles. The number of carbonyl (C=O) groups is 2. The highest BCUT2D eigenvalue weighted by atomic mass is 16.5. The molecule has 0 saturated heterocycles. The van der Waals surface area contributed by atoms with E-state index in [2.05, 4.69) is 16.5 Å². The van der Waals surface area contributed by atoms with Crippen molar-refractivity contribution in [3.05, 3.63) is 71.0 Å². The Morgan fingerprint density at radius 3 is 2.68 bits per heavy atom. The van der Waals surface area contributed by atoms with E-state index < -0.39 is 0 Å². The van der Waals surface area contributed by atoms with Crippen molar-refractivity contribution < 1.29 is 14.3 Å². The Bertz CT molecular complexity index is 1150. The topological polar surface area (TPSA) is 73.2 Å². The van der Waals surface area contributed by atoms with E-state index in [1.165, 1.54) is 0 Å². The SMILES string of the molecule is CC(=O)c1ccccc1-c1ccc2c(c1)C[C@@H](CNC(=O)[C@@H](C)n1nc(C)cc1C)O2. The molecule has 3 aromatic rings. The summed E-state index contributed by atoms with van der Waals surface area (Å²) in [6.07, 6.45) is 0.588. The highest BCUT2D eigenvalue weighted by Crippen LogP contribution is 2.34. The van der Waals surface area contributed by atoms with Gasteiger partial charge in [0.2, 0.25) is 5.91 Å². The first-order chi connectivity index (χ1) is 14.8. The van der Waals surface area contributed by atoms with Crippen LogP contribution in [0.3, 0.4) is 0 Å². The van der Waals surface area contributed by atoms with Crippen molar-refractivity contribution in [2.24, 2.45) is 0 Å². The van der Waals surface area contributed by atoms with Gasteiger partial charge in [-0.15, -0.1) is 0 Å². The van der Waals surface area contributed by atoms with Gasteiger partial charge in [-0.25, -0.2) is 0 Å². The molecule has 1 aliphatic heterocycles. The first-order valence-electron chi connectivity index (χ1n) is 10.5. The number of Topliss-reactive ketones (excluding diaryl/α,β-unsaturated/α-hetero) is 1. The van der Waals surface area contributed by atoms with E-state index in [4.69, 9.17) is 4.74 Å². The first-order valence-corrected chi connectivity index (χ1v) is 10.5. The van der Waals surface area contributed by atoms with Crippen LogP contribution in [-0.2, 0) is 11.2 Å². The lowest BCUT2D eigenvalue weighted by molar-refractivity contribution is -0.124. The van der Waals surface area contributed by atoms with E-state index >= 15 is 0 Å². The Labute approximate surface area is 182 Å². The molecule has 1 amide bonds. The summed E-state index contributed by atoms with van der Waals surface area (Å²) in [5.74, 6) is 0.793. The second-order valence-corrected chi connectivity index (χ2v) is 8.16. The van der Waals surface area contributed by atoms with Crippen molar-refractivity contribution in [1.82, 2.24) is 15.1 Å². The number of fused-ring (bicyclic) bond motifs is 1. The summed E-state index contributed by atoms with van der Waals surface area (Å²) in [6.45, 7) is 7.72. The predicted molar refractivity (Wildman–Crippen MR) is 119 cm³/mol. The molecular weight excluding hydrogens is 390 g/mol. The summed E-state index contributed by atoms with van der Waals surface area (Å²) in [7, 11) is 0. The number of aryl methyl sites for hydroxylation is 2. The fraction of sp³-hybridized carbons (Fsp3) is 0.320. The number of ether oxygens (including phenoxy) is 1. The van der Waals surface area contributed by atoms with E-state index in [9.17, 15) is 9.59 Å². The van der Waals surface area contributed by atoms with Gasteiger partial charge in [-0.2, -0.15) is 5.10 Å². The minimum absolute atomic E-state index is 0.0460. The first kappa shape index (κ1) is 20.8. The summed E-state index contributed by atoms with van der Waals surface area (Å²) in [4.78, 5) is 24.6. The molecule has 2 aromatic carbocycles. The molecule has 0 radical (unpaired) electrons. The quantitative estimate of drug-likeness (QED) is 0.614. The molecular formula is C25H27N3O3. The van der Waals surface area contributed by atoms with E-state index in [-0.39, 0.29) is 23.8 Å². The summed E-state index contributed by atoms with van der Waals surface area (Å²) in [5.41, 5.74) is 5.58. The summed E-state index contributed by atoms with van der Waals surface area (Å²) in [5, 5.41) is 7.40. The molecule has 2 atom stereocenters. The second kappa shape index (κ2) is 8.38. The highest BCUT2D eigenvalue weighted by molar-refractivity contribution is 6.00. The standard InChI is InChI=1S/C25H27N3O3/c1-15-11-16(2)28(27-15)17(3)25(30)26-14-21-13-20-12-19(9-10-24(20)31-21)23-8-6-5-7-22(23)18(4)29/h5-12,17,21H,13-14H2,1-4H3,(H,26,30)/t17-,21+/m1/s1. The maximum absolute atomic E-state index is 12.6. The second-order valence-electron chi connectivity index (χ2n) is 8.16. The van der Waals surface area contributed by atoms with Gasteiger partial charge < -0.3 is 10.1 Å². The monoisotopic (exact) mass is 417 g/mol. The molecule has 0 bridgehead atoms. The lowest BCUT2D eigenvalue weighted by Gasteiger charge is -2.17. The molecule has 1 aromatic heterocycles. The van der Waals surface area contributed by atoms with Crippen molar-refractivity contribution in [3.8, 4) is 16.9 Å². The Kier molecular flexibility index (Phi) is 5.63. The van der Waals surface area contributed by atoms with E-state index in [1.807, 2.05) is 63.2 Å². The van der Waals surface area contributed by atoms with Gasteiger partial charge in [0.1, 0.15) is 17.9 Å². The predicted octanol–water partition coefficient (Wildman–Crippen LogP) is 4.05. The smallest absolute Gasteiger partial charge is 0.244 e. The minimum Gasteiger partial charge on any atom is -0.488 e. The Morgan fingerprint density at radius 1 is 1.19 bits per heavy atom. The van der Waals surface area contributed by atoms with Gasteiger partial charge >= 0.3 is 0 Å². The fourth-order valence-corrected chi connectivity index (χ4v) is 4.16. The summed E-state index contributed by atoms with van der Waals surface area (Å²) in [6, 6.07) is 15.2. The number of hydrogen-bond donors (Lipinski definition) is 1. The van der Waals surface area contributed by atoms with Gasteiger partial charge in [0.15, 0.2) is 5.78 Å². The molecule has 0 saturated carbocycles. The van der Waals surface area contributed by atoms with Crippen molar-refractivity contribution >= 4 is 11.7 Å². The average Bonchev–Trinajstić information content (AvgIpc) is 3.32. The van der Waals surface area contributed by atoms with E-state index in [0.717, 1.165) is 33.8 Å².